The van der Waals surface area contributed by atoms with E-state index in [9.17, 15) is 19.6 Å². The Morgan fingerprint density at radius 2 is 2.20 bits per heavy atom. The lowest BCUT2D eigenvalue weighted by Crippen LogP contribution is -2.46. The van der Waals surface area contributed by atoms with Crippen molar-refractivity contribution in [3.8, 4) is 6.01 Å². The summed E-state index contributed by atoms with van der Waals surface area (Å²) in [4.78, 5) is 44.8. The first-order chi connectivity index (χ1) is 14.5. The molecule has 11 heteroatoms. The van der Waals surface area contributed by atoms with Gasteiger partial charge in [0.05, 0.1) is 19.6 Å². The van der Waals surface area contributed by atoms with Crippen LogP contribution in [0.5, 0.6) is 6.01 Å². The van der Waals surface area contributed by atoms with Gasteiger partial charge in [-0.25, -0.2) is 15.1 Å². The second-order valence-corrected chi connectivity index (χ2v) is 7.46. The summed E-state index contributed by atoms with van der Waals surface area (Å²) in [5.41, 5.74) is 0. The van der Waals surface area contributed by atoms with Crippen molar-refractivity contribution in [3.63, 3.8) is 0 Å². The van der Waals surface area contributed by atoms with Gasteiger partial charge in [0.25, 0.3) is 5.91 Å². The zero-order chi connectivity index (χ0) is 21.5. The highest BCUT2D eigenvalue weighted by atomic mass is 16.5. The van der Waals surface area contributed by atoms with Gasteiger partial charge in [0.1, 0.15) is 11.9 Å². The van der Waals surface area contributed by atoms with Crippen LogP contribution in [0.25, 0.3) is 0 Å². The molecule has 30 heavy (non-hydrogen) atoms. The van der Waals surface area contributed by atoms with Crippen LogP contribution in [0.3, 0.4) is 0 Å². The molecule has 0 radical (unpaired) electrons. The maximum absolute atomic E-state index is 13.2. The SMILES string of the molecule is COc1nccc(NC(=O)[C@@H]2CC=NN2C(=O)[C@H](CC2CCCC2)CN(O)C=O)n1. The standard InChI is InChI=1S/C19H26N6O5/c1-30-19-20-8-7-16(23-19)22-17(27)15-6-9-21-25(15)18(28)14(11-24(29)12-26)10-13-4-2-3-5-13/h7-9,12-15,29H,2-6,10-11H2,1H3,(H,20,22,23,27)/t14-,15+/m1/s1. The Hall–Kier alpha value is -3.08. The van der Waals surface area contributed by atoms with Crippen LogP contribution in [0.4, 0.5) is 5.82 Å². The van der Waals surface area contributed by atoms with Gasteiger partial charge in [-0.2, -0.15) is 10.1 Å². The Bertz CT molecular complexity index is 797. The maximum Gasteiger partial charge on any atom is 0.318 e. The zero-order valence-electron chi connectivity index (χ0n) is 16.8. The molecule has 2 atom stereocenters. The first-order valence-electron chi connectivity index (χ1n) is 9.96. The second-order valence-electron chi connectivity index (χ2n) is 7.46. The van der Waals surface area contributed by atoms with Crippen molar-refractivity contribution in [3.05, 3.63) is 12.3 Å². The van der Waals surface area contributed by atoms with E-state index in [1.54, 1.807) is 0 Å². The molecule has 0 aromatic carbocycles. The maximum atomic E-state index is 13.2. The van der Waals surface area contributed by atoms with Crippen molar-refractivity contribution in [2.24, 2.45) is 16.9 Å². The van der Waals surface area contributed by atoms with E-state index in [0.29, 0.717) is 17.4 Å². The molecule has 1 aliphatic heterocycles. The summed E-state index contributed by atoms with van der Waals surface area (Å²) in [6, 6.07) is 0.781. The van der Waals surface area contributed by atoms with Crippen molar-refractivity contribution >= 4 is 30.3 Å². The van der Waals surface area contributed by atoms with Crippen molar-refractivity contribution in [1.29, 1.82) is 0 Å². The molecule has 2 heterocycles. The number of methoxy groups -OCH3 is 1. The van der Waals surface area contributed by atoms with Crippen molar-refractivity contribution in [2.75, 3.05) is 19.0 Å². The molecule has 2 aliphatic rings. The molecule has 0 spiro atoms. The summed E-state index contributed by atoms with van der Waals surface area (Å²) in [5.74, 6) is -0.884. The van der Waals surface area contributed by atoms with Gasteiger partial charge in [0.15, 0.2) is 0 Å². The van der Waals surface area contributed by atoms with Crippen LogP contribution < -0.4 is 10.1 Å². The smallest absolute Gasteiger partial charge is 0.318 e. The largest absolute Gasteiger partial charge is 0.467 e. The first-order valence-corrected chi connectivity index (χ1v) is 9.96. The number of nitrogens with zero attached hydrogens (tertiary/aromatic N) is 5. The molecule has 0 unspecified atom stereocenters. The molecule has 162 valence electrons. The van der Waals surface area contributed by atoms with Crippen LogP contribution in [0.2, 0.25) is 0 Å². The number of carbonyl (C=O) groups is 3. The Labute approximate surface area is 174 Å². The normalized spacial score (nSPS) is 19.5. The monoisotopic (exact) mass is 418 g/mol. The summed E-state index contributed by atoms with van der Waals surface area (Å²) < 4.78 is 4.94. The van der Waals surface area contributed by atoms with Crippen LogP contribution in [0.15, 0.2) is 17.4 Å². The average molecular weight is 418 g/mol. The number of ether oxygens (including phenoxy) is 1. The Morgan fingerprint density at radius 3 is 2.90 bits per heavy atom. The fraction of sp³-hybridized carbons (Fsp3) is 0.579. The van der Waals surface area contributed by atoms with Gasteiger partial charge in [-0.1, -0.05) is 25.7 Å². The molecule has 1 saturated carbocycles. The third kappa shape index (κ3) is 5.29. The van der Waals surface area contributed by atoms with Gasteiger partial charge in [-0.05, 0) is 18.4 Å². The van der Waals surface area contributed by atoms with Crippen molar-refractivity contribution in [1.82, 2.24) is 20.0 Å². The average Bonchev–Trinajstić information content (AvgIpc) is 3.44. The number of anilines is 1. The van der Waals surface area contributed by atoms with E-state index in [0.717, 1.165) is 30.7 Å². The second kappa shape index (κ2) is 10.1. The minimum atomic E-state index is -0.840. The molecule has 3 amide bonds. The molecule has 0 saturated heterocycles. The third-order valence-electron chi connectivity index (χ3n) is 5.40. The molecule has 1 aromatic rings. The van der Waals surface area contributed by atoms with Crippen LogP contribution in [-0.4, -0.2) is 69.4 Å². The van der Waals surface area contributed by atoms with Crippen molar-refractivity contribution in [2.45, 2.75) is 44.6 Å². The Balaban J connectivity index is 1.70. The Kier molecular flexibility index (Phi) is 7.28. The predicted octanol–water partition coefficient (Wildman–Crippen LogP) is 1.05. The van der Waals surface area contributed by atoms with E-state index in [1.807, 2.05) is 0 Å². The Morgan fingerprint density at radius 1 is 1.43 bits per heavy atom. The van der Waals surface area contributed by atoms with Gasteiger partial charge >= 0.3 is 6.01 Å². The number of carbonyl (C=O) groups excluding carboxylic acids is 3. The van der Waals surface area contributed by atoms with E-state index < -0.39 is 23.8 Å². The van der Waals surface area contributed by atoms with Crippen molar-refractivity contribution < 1.29 is 24.3 Å². The van der Waals surface area contributed by atoms with Crippen LogP contribution in [0.1, 0.15) is 38.5 Å². The lowest BCUT2D eigenvalue weighted by Gasteiger charge is -2.28. The van der Waals surface area contributed by atoms with Gasteiger partial charge < -0.3 is 10.1 Å². The number of aromatic nitrogens is 2. The highest BCUT2D eigenvalue weighted by Gasteiger charge is 2.38. The summed E-state index contributed by atoms with van der Waals surface area (Å²) >= 11 is 0. The highest BCUT2D eigenvalue weighted by Crippen LogP contribution is 2.32. The van der Waals surface area contributed by atoms with E-state index in [2.05, 4.69) is 20.4 Å². The number of rotatable bonds is 9. The number of hydrogen-bond donors (Lipinski definition) is 2. The lowest BCUT2D eigenvalue weighted by molar-refractivity contribution is -0.158. The van der Waals surface area contributed by atoms with Crippen LogP contribution in [0, 0.1) is 11.8 Å². The van der Waals surface area contributed by atoms with E-state index >= 15 is 0 Å². The third-order valence-corrected chi connectivity index (χ3v) is 5.40. The molecule has 1 aliphatic carbocycles. The highest BCUT2D eigenvalue weighted by molar-refractivity contribution is 5.99. The molecule has 0 bridgehead atoms. The molecular formula is C19H26N6O5. The molecule has 11 nitrogen and oxygen atoms in total. The van der Waals surface area contributed by atoms with E-state index in [-0.39, 0.29) is 31.2 Å². The van der Waals surface area contributed by atoms with Crippen LogP contribution in [-0.2, 0) is 14.4 Å². The topological polar surface area (TPSA) is 137 Å². The molecule has 1 aromatic heterocycles. The number of amides is 3. The lowest BCUT2D eigenvalue weighted by atomic mass is 9.92. The molecule has 2 N–H and O–H groups in total. The van der Waals surface area contributed by atoms with E-state index in [4.69, 9.17) is 4.74 Å². The zero-order valence-corrected chi connectivity index (χ0v) is 16.8. The molecule has 3 rings (SSSR count). The van der Waals surface area contributed by atoms with Gasteiger partial charge in [0, 0.05) is 18.8 Å². The van der Waals surface area contributed by atoms with E-state index in [1.165, 1.54) is 25.6 Å². The summed E-state index contributed by atoms with van der Waals surface area (Å²) in [6.45, 7) is -0.137. The first kappa shape index (κ1) is 21.6. The number of hydrazone groups is 1. The minimum Gasteiger partial charge on any atom is -0.467 e. The minimum absolute atomic E-state index is 0.108. The number of hydroxylamine groups is 2. The van der Waals surface area contributed by atoms with Gasteiger partial charge in [-0.3, -0.25) is 19.6 Å². The molecular weight excluding hydrogens is 392 g/mol. The van der Waals surface area contributed by atoms with Crippen LogP contribution >= 0.6 is 0 Å². The fourth-order valence-corrected chi connectivity index (χ4v) is 3.92. The summed E-state index contributed by atoms with van der Waals surface area (Å²) in [7, 11) is 1.42. The van der Waals surface area contributed by atoms with Gasteiger partial charge in [0.2, 0.25) is 12.3 Å². The number of hydrogen-bond acceptors (Lipinski definition) is 8. The predicted molar refractivity (Wildman–Crippen MR) is 106 cm³/mol. The summed E-state index contributed by atoms with van der Waals surface area (Å²) in [5, 5.41) is 18.0. The van der Waals surface area contributed by atoms with Gasteiger partial charge in [-0.15, -0.1) is 0 Å². The molecule has 1 fully saturated rings. The fourth-order valence-electron chi connectivity index (χ4n) is 3.92. The quantitative estimate of drug-likeness (QED) is 0.347. The summed E-state index contributed by atoms with van der Waals surface area (Å²) in [6.07, 6.45) is 8.26. The number of nitrogens with one attached hydrogen (secondary N) is 1.